The van der Waals surface area contributed by atoms with Crippen LogP contribution < -0.4 is 16.1 Å². The van der Waals surface area contributed by atoms with E-state index < -0.39 is 0 Å². The summed E-state index contributed by atoms with van der Waals surface area (Å²) in [6.45, 7) is -0.0412. The molecule has 0 aromatic heterocycles. The molecule has 2 saturated carbocycles. The first-order valence-electron chi connectivity index (χ1n) is 13.0. The number of nitrogens with one attached hydrogen (secondary N) is 3. The average Bonchev–Trinajstić information content (AvgIpc) is 3.68. The van der Waals surface area contributed by atoms with Crippen molar-refractivity contribution in [2.24, 2.45) is 5.92 Å². The first-order chi connectivity index (χ1) is 17.4. The second kappa shape index (κ2) is 16.8. The van der Waals surface area contributed by atoms with Crippen molar-refractivity contribution in [3.8, 4) is 0 Å². The van der Waals surface area contributed by atoms with Gasteiger partial charge in [-0.1, -0.05) is 43.0 Å². The van der Waals surface area contributed by atoms with Crippen molar-refractivity contribution in [2.45, 2.75) is 93.7 Å². The molecular formula is C26H40ClN3O5SY. The summed E-state index contributed by atoms with van der Waals surface area (Å²) in [6, 6.07) is 7.26. The fourth-order valence-corrected chi connectivity index (χ4v) is 5.66. The van der Waals surface area contributed by atoms with Gasteiger partial charge in [-0.05, 0) is 62.6 Å². The second-order valence-corrected chi connectivity index (χ2v) is 11.9. The Kier molecular flexibility index (Phi) is 14.9. The number of aliphatic hydroxyl groups excluding tert-OH is 2. The predicted octanol–water partition coefficient (Wildman–Crippen LogP) is 3.16. The number of carbonyl (C=O) groups excluding carboxylic acids is 2. The predicted molar refractivity (Wildman–Crippen MR) is 142 cm³/mol. The van der Waals surface area contributed by atoms with E-state index in [-0.39, 0.29) is 80.5 Å². The Balaban J connectivity index is 0.000000223. The molecule has 2 amide bonds. The van der Waals surface area contributed by atoms with Crippen molar-refractivity contribution < 1.29 is 57.7 Å². The summed E-state index contributed by atoms with van der Waals surface area (Å²) in [5.41, 5.74) is 3.19. The number of amides is 2. The third-order valence-electron chi connectivity index (χ3n) is 7.33. The fraction of sp³-hybridized carbons (Fsp3) is 0.692. The van der Waals surface area contributed by atoms with Gasteiger partial charge in [0.25, 0.3) is 0 Å². The standard InChI is InChI=1S/C13H20N2O3S.C7H7ClO.C6H13NO.Y/c16-6-9(14-12(18)10-7-19-10)4-8-5-13(2-1-3-13)15-11(8)17;8-7-3-1-2-6(4-7)5-9;8-7-6-4-2-1-3-5-6;/h8-10,16H,1-7H2,(H,14,18)(H,15,17);1-4,9H,5H2;6-8H,1-5H2;. The Bertz CT molecular complexity index is 853. The number of hydrogen-bond acceptors (Lipinski definition) is 7. The Hall–Kier alpha value is -0.256. The van der Waals surface area contributed by atoms with E-state index in [2.05, 4.69) is 16.1 Å². The maximum absolute atomic E-state index is 12.0. The number of hydrogen-bond donors (Lipinski definition) is 6. The summed E-state index contributed by atoms with van der Waals surface area (Å²) >= 11 is 7.22. The van der Waals surface area contributed by atoms with Crippen LogP contribution in [0.15, 0.2) is 24.3 Å². The van der Waals surface area contributed by atoms with Gasteiger partial charge in [0.15, 0.2) is 0 Å². The maximum Gasteiger partial charge on any atom is 0.234 e. The molecule has 5 rings (SSSR count). The first-order valence-corrected chi connectivity index (χ1v) is 14.4. The van der Waals surface area contributed by atoms with Crippen molar-refractivity contribution in [3.63, 3.8) is 0 Å². The van der Waals surface area contributed by atoms with Gasteiger partial charge in [0, 0.05) is 61.0 Å². The molecule has 6 N–H and O–H groups in total. The molecule has 37 heavy (non-hydrogen) atoms. The first kappa shape index (κ1) is 33.0. The molecule has 205 valence electrons. The molecule has 2 saturated heterocycles. The number of aliphatic hydroxyl groups is 2. The zero-order valence-corrected chi connectivity index (χ0v) is 25.7. The number of benzene rings is 1. The van der Waals surface area contributed by atoms with Gasteiger partial charge in [-0.2, -0.15) is 0 Å². The van der Waals surface area contributed by atoms with E-state index >= 15 is 0 Å². The minimum atomic E-state index is -0.292. The monoisotopic (exact) mass is 630 g/mol. The number of rotatable bonds is 7. The summed E-state index contributed by atoms with van der Waals surface area (Å²) in [5.74, 6) is 0.899. The van der Waals surface area contributed by atoms with Crippen molar-refractivity contribution in [2.75, 3.05) is 12.4 Å². The number of hydroxylamine groups is 1. The van der Waals surface area contributed by atoms with E-state index in [4.69, 9.17) is 21.9 Å². The van der Waals surface area contributed by atoms with Crippen molar-refractivity contribution in [3.05, 3.63) is 34.9 Å². The molecular weight excluding hydrogens is 591 g/mol. The quantitative estimate of drug-likeness (QED) is 0.202. The Morgan fingerprint density at radius 2 is 1.89 bits per heavy atom. The normalized spacial score (nSPS) is 24.2. The Morgan fingerprint density at radius 3 is 2.32 bits per heavy atom. The van der Waals surface area contributed by atoms with Crippen LogP contribution in [0, 0.1) is 5.92 Å². The largest absolute Gasteiger partial charge is 0.394 e. The van der Waals surface area contributed by atoms with Gasteiger partial charge in [-0.25, -0.2) is 5.48 Å². The molecule has 1 aromatic rings. The minimum Gasteiger partial charge on any atom is -0.394 e. The summed E-state index contributed by atoms with van der Waals surface area (Å²) < 4.78 is 0. The van der Waals surface area contributed by atoms with Crippen molar-refractivity contribution in [1.82, 2.24) is 16.1 Å². The Labute approximate surface area is 254 Å². The summed E-state index contributed by atoms with van der Waals surface area (Å²) in [6.07, 6.45) is 10.9. The second-order valence-electron chi connectivity index (χ2n) is 10.2. The number of thioether (sulfide) groups is 1. The van der Waals surface area contributed by atoms with Gasteiger partial charge >= 0.3 is 0 Å². The third kappa shape index (κ3) is 11.0. The van der Waals surface area contributed by atoms with Crippen LogP contribution >= 0.6 is 23.4 Å². The van der Waals surface area contributed by atoms with Gasteiger partial charge in [0.2, 0.25) is 11.8 Å². The molecule has 4 aliphatic rings. The van der Waals surface area contributed by atoms with Crippen molar-refractivity contribution >= 4 is 35.2 Å². The van der Waals surface area contributed by atoms with E-state index in [0.717, 1.165) is 43.4 Å². The summed E-state index contributed by atoms with van der Waals surface area (Å²) in [7, 11) is 0. The van der Waals surface area contributed by atoms with Crippen LogP contribution in [0.3, 0.4) is 0 Å². The van der Waals surface area contributed by atoms with Gasteiger partial charge in [0.05, 0.1) is 24.5 Å². The maximum atomic E-state index is 12.0. The van der Waals surface area contributed by atoms with E-state index in [1.165, 1.54) is 25.7 Å². The molecule has 0 bridgehead atoms. The van der Waals surface area contributed by atoms with Gasteiger partial charge < -0.3 is 26.1 Å². The van der Waals surface area contributed by atoms with Gasteiger partial charge in [-0.3, -0.25) is 9.59 Å². The molecule has 1 aromatic carbocycles. The van der Waals surface area contributed by atoms with Crippen LogP contribution in [0.25, 0.3) is 0 Å². The fourth-order valence-electron chi connectivity index (χ4n) is 4.99. The Morgan fingerprint density at radius 1 is 1.19 bits per heavy atom. The summed E-state index contributed by atoms with van der Waals surface area (Å²) in [5, 5.41) is 33.1. The van der Waals surface area contributed by atoms with Crippen LogP contribution in [0.1, 0.15) is 69.8 Å². The zero-order chi connectivity index (χ0) is 26.0. The molecule has 3 unspecified atom stereocenters. The van der Waals surface area contributed by atoms with Gasteiger partial charge in [-0.15, -0.1) is 11.8 Å². The van der Waals surface area contributed by atoms with Crippen LogP contribution in [-0.4, -0.2) is 62.5 Å². The van der Waals surface area contributed by atoms with Crippen LogP contribution in [0.2, 0.25) is 5.02 Å². The molecule has 11 heteroatoms. The van der Waals surface area contributed by atoms with Crippen LogP contribution in [0.4, 0.5) is 0 Å². The van der Waals surface area contributed by atoms with Gasteiger partial charge in [0.1, 0.15) is 0 Å². The van der Waals surface area contributed by atoms with Crippen molar-refractivity contribution in [1.29, 1.82) is 0 Å². The molecule has 2 aliphatic heterocycles. The van der Waals surface area contributed by atoms with E-state index in [9.17, 15) is 14.7 Å². The molecule has 1 spiro atoms. The number of carbonyl (C=O) groups is 2. The molecule has 2 heterocycles. The van der Waals surface area contributed by atoms with Crippen LogP contribution in [-0.2, 0) is 48.9 Å². The summed E-state index contributed by atoms with van der Waals surface area (Å²) in [4.78, 5) is 23.6. The topological polar surface area (TPSA) is 131 Å². The molecule has 1 radical (unpaired) electrons. The van der Waals surface area contributed by atoms with Crippen LogP contribution in [0.5, 0.6) is 0 Å². The smallest absolute Gasteiger partial charge is 0.234 e. The van der Waals surface area contributed by atoms with E-state index in [1.807, 2.05) is 12.1 Å². The molecule has 8 nitrogen and oxygen atoms in total. The number of halogens is 1. The molecule has 3 atom stereocenters. The molecule has 2 aliphatic carbocycles. The average molecular weight is 631 g/mol. The SMILES string of the molecule is O=C1NC2(CCC2)CC1CC(CO)NC(=O)C1CS1.OCc1cccc(Cl)c1.ONC1CCCCC1.[Y]. The minimum absolute atomic E-state index is 0. The van der Waals surface area contributed by atoms with E-state index in [1.54, 1.807) is 23.9 Å². The zero-order valence-electron chi connectivity index (χ0n) is 21.3. The molecule has 4 fully saturated rings. The van der Waals surface area contributed by atoms with E-state index in [0.29, 0.717) is 17.5 Å². The third-order valence-corrected chi connectivity index (χ3v) is 8.44.